The third-order valence-corrected chi connectivity index (χ3v) is 6.77. The molecule has 3 heterocycles. The Bertz CT molecular complexity index is 1160. The number of carboxylic acids is 1. The molecule has 1 aliphatic carbocycles. The van der Waals surface area contributed by atoms with Gasteiger partial charge in [0.25, 0.3) is 0 Å². The molecule has 1 N–H and O–H groups in total. The lowest BCUT2D eigenvalue weighted by Gasteiger charge is -2.13. The molecule has 2 aromatic heterocycles. The fourth-order valence-electron chi connectivity index (χ4n) is 3.93. The van der Waals surface area contributed by atoms with E-state index in [0.29, 0.717) is 30.2 Å². The SMILES string of the molecule is Cc1nnc2n1-c1sc3c(c1C(c1c(F)cccc1Cl)=NC2)CC(C(=O)O)C3. The summed E-state index contributed by atoms with van der Waals surface area (Å²) in [6.07, 6.45) is 0.842. The first-order valence-corrected chi connectivity index (χ1v) is 9.93. The highest BCUT2D eigenvalue weighted by molar-refractivity contribution is 7.15. The van der Waals surface area contributed by atoms with Gasteiger partial charge < -0.3 is 5.11 Å². The Hall–Kier alpha value is -2.58. The highest BCUT2D eigenvalue weighted by Gasteiger charge is 2.37. The van der Waals surface area contributed by atoms with E-state index in [4.69, 9.17) is 11.6 Å². The van der Waals surface area contributed by atoms with Crippen LogP contribution in [0.3, 0.4) is 0 Å². The number of halogens is 2. The molecule has 1 aromatic carbocycles. The van der Waals surface area contributed by atoms with Crippen molar-refractivity contribution in [2.45, 2.75) is 26.3 Å². The van der Waals surface area contributed by atoms with E-state index in [1.54, 1.807) is 12.1 Å². The highest BCUT2D eigenvalue weighted by atomic mass is 35.5. The summed E-state index contributed by atoms with van der Waals surface area (Å²) in [5.41, 5.74) is 2.34. The number of aromatic nitrogens is 3. The van der Waals surface area contributed by atoms with E-state index in [0.717, 1.165) is 21.0 Å². The van der Waals surface area contributed by atoms with Gasteiger partial charge in [-0.3, -0.25) is 14.4 Å². The summed E-state index contributed by atoms with van der Waals surface area (Å²) in [6, 6.07) is 4.54. The maximum absolute atomic E-state index is 14.8. The standard InChI is InChI=1S/C19H14ClFN4O2S/c1-8-23-24-14-7-22-17(16-11(20)3-2-4-12(16)21)15-10-5-9(19(26)27)6-13(10)28-18(15)25(8)14/h2-4,9H,5-7H2,1H3,(H,26,27). The van der Waals surface area contributed by atoms with Gasteiger partial charge in [-0.05, 0) is 37.5 Å². The molecule has 9 heteroatoms. The van der Waals surface area contributed by atoms with Gasteiger partial charge in [0.05, 0.1) is 22.2 Å². The van der Waals surface area contributed by atoms with Crippen LogP contribution in [0, 0.1) is 18.7 Å². The second-order valence-corrected chi connectivity index (χ2v) is 8.38. The number of aryl methyl sites for hydroxylation is 1. The van der Waals surface area contributed by atoms with Crippen LogP contribution in [0.1, 0.15) is 33.2 Å². The molecule has 1 atom stereocenters. The monoisotopic (exact) mass is 416 g/mol. The molecule has 2 aliphatic rings. The van der Waals surface area contributed by atoms with Crippen molar-refractivity contribution < 1.29 is 14.3 Å². The molecule has 6 nitrogen and oxygen atoms in total. The average molecular weight is 417 g/mol. The number of nitrogens with zero attached hydrogens (tertiary/aromatic N) is 4. The zero-order chi connectivity index (χ0) is 19.6. The maximum Gasteiger partial charge on any atom is 0.307 e. The molecule has 0 saturated carbocycles. The molecule has 1 unspecified atom stereocenters. The molecular formula is C19H14ClFN4O2S. The summed E-state index contributed by atoms with van der Waals surface area (Å²) in [6.45, 7) is 2.09. The van der Waals surface area contributed by atoms with Crippen LogP contribution in [0.4, 0.5) is 4.39 Å². The predicted octanol–water partition coefficient (Wildman–Crippen LogP) is 3.58. The topological polar surface area (TPSA) is 80.4 Å². The van der Waals surface area contributed by atoms with E-state index < -0.39 is 17.7 Å². The number of aliphatic carboxylic acids is 1. The van der Waals surface area contributed by atoms with E-state index >= 15 is 0 Å². The van der Waals surface area contributed by atoms with Crippen molar-refractivity contribution in [1.29, 1.82) is 0 Å². The molecule has 28 heavy (non-hydrogen) atoms. The molecule has 5 rings (SSSR count). The molecule has 0 spiro atoms. The number of fused-ring (bicyclic) bond motifs is 5. The second-order valence-electron chi connectivity index (χ2n) is 6.89. The smallest absolute Gasteiger partial charge is 0.307 e. The number of aliphatic imine (C=N–C) groups is 1. The summed E-state index contributed by atoms with van der Waals surface area (Å²) in [7, 11) is 0. The predicted molar refractivity (Wildman–Crippen MR) is 103 cm³/mol. The zero-order valence-electron chi connectivity index (χ0n) is 14.7. The van der Waals surface area contributed by atoms with Gasteiger partial charge >= 0.3 is 5.97 Å². The lowest BCUT2D eigenvalue weighted by Crippen LogP contribution is -2.15. The Morgan fingerprint density at radius 2 is 2.14 bits per heavy atom. The van der Waals surface area contributed by atoms with Gasteiger partial charge in [-0.25, -0.2) is 4.39 Å². The summed E-state index contributed by atoms with van der Waals surface area (Å²) in [5.74, 6) is -0.389. The van der Waals surface area contributed by atoms with E-state index in [1.165, 1.54) is 17.4 Å². The van der Waals surface area contributed by atoms with Crippen molar-refractivity contribution in [3.8, 4) is 5.00 Å². The largest absolute Gasteiger partial charge is 0.481 e. The van der Waals surface area contributed by atoms with Crippen molar-refractivity contribution in [3.05, 3.63) is 62.3 Å². The van der Waals surface area contributed by atoms with Crippen LogP contribution in [-0.2, 0) is 24.2 Å². The van der Waals surface area contributed by atoms with E-state index in [1.807, 2.05) is 11.5 Å². The van der Waals surface area contributed by atoms with Crippen molar-refractivity contribution in [2.75, 3.05) is 0 Å². The molecule has 0 radical (unpaired) electrons. The van der Waals surface area contributed by atoms with Gasteiger partial charge in [0.1, 0.15) is 23.2 Å². The number of carbonyl (C=O) groups is 1. The Balaban J connectivity index is 1.79. The molecule has 0 amide bonds. The lowest BCUT2D eigenvalue weighted by molar-refractivity contribution is -0.141. The normalized spacial score (nSPS) is 17.5. The number of hydrogen-bond acceptors (Lipinski definition) is 5. The van der Waals surface area contributed by atoms with Gasteiger partial charge in [-0.1, -0.05) is 17.7 Å². The molecule has 0 fully saturated rings. The van der Waals surface area contributed by atoms with Crippen LogP contribution in [0.2, 0.25) is 5.02 Å². The lowest BCUT2D eigenvalue weighted by atomic mass is 9.97. The van der Waals surface area contributed by atoms with Crippen LogP contribution >= 0.6 is 22.9 Å². The van der Waals surface area contributed by atoms with E-state index in [-0.39, 0.29) is 17.1 Å². The van der Waals surface area contributed by atoms with Gasteiger partial charge in [-0.2, -0.15) is 0 Å². The third kappa shape index (κ3) is 2.44. The van der Waals surface area contributed by atoms with E-state index in [9.17, 15) is 14.3 Å². The molecular weight excluding hydrogens is 403 g/mol. The minimum Gasteiger partial charge on any atom is -0.481 e. The van der Waals surface area contributed by atoms with Gasteiger partial charge in [0.15, 0.2) is 5.82 Å². The average Bonchev–Trinajstić information content (AvgIpc) is 3.27. The maximum atomic E-state index is 14.8. The highest BCUT2D eigenvalue weighted by Crippen LogP contribution is 2.43. The fourth-order valence-corrected chi connectivity index (χ4v) is 5.66. The van der Waals surface area contributed by atoms with Crippen LogP contribution < -0.4 is 0 Å². The van der Waals surface area contributed by atoms with Gasteiger partial charge in [0, 0.05) is 10.4 Å². The fraction of sp³-hybridized carbons (Fsp3) is 0.263. The van der Waals surface area contributed by atoms with Gasteiger partial charge in [0.2, 0.25) is 0 Å². The zero-order valence-corrected chi connectivity index (χ0v) is 16.3. The summed E-state index contributed by atoms with van der Waals surface area (Å²) < 4.78 is 16.7. The summed E-state index contributed by atoms with van der Waals surface area (Å²) >= 11 is 7.85. The minimum atomic E-state index is -0.825. The molecule has 3 aromatic rings. The van der Waals surface area contributed by atoms with Crippen LogP contribution in [0.15, 0.2) is 23.2 Å². The third-order valence-electron chi connectivity index (χ3n) is 5.21. The Kier molecular flexibility index (Phi) is 3.89. The molecule has 142 valence electrons. The molecule has 0 bridgehead atoms. The van der Waals surface area contributed by atoms with Crippen molar-refractivity contribution in [1.82, 2.24) is 14.8 Å². The minimum absolute atomic E-state index is 0.235. The Labute approximate surface area is 168 Å². The molecule has 1 aliphatic heterocycles. The van der Waals surface area contributed by atoms with Crippen LogP contribution in [0.5, 0.6) is 0 Å². The number of hydrogen-bond donors (Lipinski definition) is 1. The first-order valence-electron chi connectivity index (χ1n) is 8.73. The Morgan fingerprint density at radius 1 is 1.32 bits per heavy atom. The summed E-state index contributed by atoms with van der Waals surface area (Å²) in [5, 5.41) is 19.0. The number of carboxylic acid groups (broad SMARTS) is 1. The van der Waals surface area contributed by atoms with Crippen LogP contribution in [0.25, 0.3) is 5.00 Å². The van der Waals surface area contributed by atoms with E-state index in [2.05, 4.69) is 15.2 Å². The van der Waals surface area contributed by atoms with Crippen LogP contribution in [-0.4, -0.2) is 31.6 Å². The number of benzene rings is 1. The number of thiophene rings is 1. The first-order chi connectivity index (χ1) is 13.5. The first kappa shape index (κ1) is 17.5. The Morgan fingerprint density at radius 3 is 2.89 bits per heavy atom. The van der Waals surface area contributed by atoms with Crippen molar-refractivity contribution in [3.63, 3.8) is 0 Å². The summed E-state index contributed by atoms with van der Waals surface area (Å²) in [4.78, 5) is 17.2. The molecule has 0 saturated heterocycles. The quantitative estimate of drug-likeness (QED) is 0.692. The van der Waals surface area contributed by atoms with Gasteiger partial charge in [-0.15, -0.1) is 21.5 Å². The second kappa shape index (κ2) is 6.22. The van der Waals surface area contributed by atoms with Crippen molar-refractivity contribution >= 4 is 34.6 Å². The van der Waals surface area contributed by atoms with Crippen molar-refractivity contribution in [2.24, 2.45) is 10.9 Å². The number of rotatable bonds is 2.